The van der Waals surface area contributed by atoms with E-state index in [-0.39, 0.29) is 12.3 Å². The van der Waals surface area contributed by atoms with Gasteiger partial charge >= 0.3 is 5.97 Å². The first-order valence-electron chi connectivity index (χ1n) is 7.33. The van der Waals surface area contributed by atoms with E-state index in [1.54, 1.807) is 0 Å². The van der Waals surface area contributed by atoms with E-state index in [4.69, 9.17) is 0 Å². The minimum absolute atomic E-state index is 0.0518. The van der Waals surface area contributed by atoms with E-state index < -0.39 is 11.4 Å². The SMILES string of the molecule is CNCc1ccccc1NC(=O)CC1(C(=O)O)CCCC1. The summed E-state index contributed by atoms with van der Waals surface area (Å²) in [4.78, 5) is 23.7. The molecule has 0 spiro atoms. The predicted molar refractivity (Wildman–Crippen MR) is 81.0 cm³/mol. The number of anilines is 1. The molecule has 3 N–H and O–H groups in total. The molecule has 21 heavy (non-hydrogen) atoms. The molecule has 0 bridgehead atoms. The average molecular weight is 290 g/mol. The highest BCUT2D eigenvalue weighted by molar-refractivity contribution is 5.95. The second kappa shape index (κ2) is 6.72. The van der Waals surface area contributed by atoms with Crippen molar-refractivity contribution in [3.8, 4) is 0 Å². The lowest BCUT2D eigenvalue weighted by Gasteiger charge is -2.23. The van der Waals surface area contributed by atoms with E-state index >= 15 is 0 Å². The Morgan fingerprint density at radius 2 is 1.90 bits per heavy atom. The summed E-state index contributed by atoms with van der Waals surface area (Å²) in [7, 11) is 1.84. The molecule has 1 saturated carbocycles. The number of nitrogens with one attached hydrogen (secondary N) is 2. The highest BCUT2D eigenvalue weighted by Gasteiger charge is 2.42. The summed E-state index contributed by atoms with van der Waals surface area (Å²) in [6.45, 7) is 0.653. The van der Waals surface area contributed by atoms with E-state index in [1.165, 1.54) is 0 Å². The number of hydrogen-bond donors (Lipinski definition) is 3. The molecule has 0 radical (unpaired) electrons. The molecule has 2 rings (SSSR count). The Morgan fingerprint density at radius 1 is 1.24 bits per heavy atom. The van der Waals surface area contributed by atoms with Gasteiger partial charge in [-0.2, -0.15) is 0 Å². The molecule has 0 unspecified atom stereocenters. The minimum Gasteiger partial charge on any atom is -0.481 e. The maximum atomic E-state index is 12.2. The van der Waals surface area contributed by atoms with Crippen LogP contribution >= 0.6 is 0 Å². The highest BCUT2D eigenvalue weighted by Crippen LogP contribution is 2.41. The van der Waals surface area contributed by atoms with E-state index in [2.05, 4.69) is 10.6 Å². The van der Waals surface area contributed by atoms with Gasteiger partial charge in [0.15, 0.2) is 0 Å². The van der Waals surface area contributed by atoms with E-state index in [9.17, 15) is 14.7 Å². The van der Waals surface area contributed by atoms with Crippen molar-refractivity contribution >= 4 is 17.6 Å². The number of amides is 1. The summed E-state index contributed by atoms with van der Waals surface area (Å²) >= 11 is 0. The van der Waals surface area contributed by atoms with Gasteiger partial charge < -0.3 is 15.7 Å². The van der Waals surface area contributed by atoms with Gasteiger partial charge in [0, 0.05) is 18.7 Å². The molecule has 1 aromatic carbocycles. The summed E-state index contributed by atoms with van der Waals surface area (Å²) in [5.74, 6) is -1.07. The van der Waals surface area contributed by atoms with Crippen LogP contribution in [0.15, 0.2) is 24.3 Å². The fourth-order valence-corrected chi connectivity index (χ4v) is 3.01. The first-order valence-corrected chi connectivity index (χ1v) is 7.33. The molecule has 1 fully saturated rings. The Hall–Kier alpha value is -1.88. The maximum Gasteiger partial charge on any atom is 0.310 e. The number of benzene rings is 1. The van der Waals surface area contributed by atoms with Crippen molar-refractivity contribution in [2.24, 2.45) is 5.41 Å². The number of hydrogen-bond acceptors (Lipinski definition) is 3. The summed E-state index contributed by atoms with van der Waals surface area (Å²) in [5.41, 5.74) is 0.863. The Labute approximate surface area is 124 Å². The van der Waals surface area contributed by atoms with Gasteiger partial charge in [0.2, 0.25) is 5.91 Å². The molecule has 5 heteroatoms. The molecular formula is C16H22N2O3. The van der Waals surface area contributed by atoms with Crippen LogP contribution in [-0.4, -0.2) is 24.0 Å². The summed E-state index contributed by atoms with van der Waals surface area (Å²) in [6, 6.07) is 7.55. The lowest BCUT2D eigenvalue weighted by molar-refractivity contribution is -0.150. The monoisotopic (exact) mass is 290 g/mol. The van der Waals surface area contributed by atoms with Gasteiger partial charge in [0.05, 0.1) is 5.41 Å². The zero-order chi connectivity index (χ0) is 15.3. The summed E-state index contributed by atoms with van der Waals surface area (Å²) in [5, 5.41) is 15.3. The molecule has 5 nitrogen and oxygen atoms in total. The number of aliphatic carboxylic acids is 1. The van der Waals surface area contributed by atoms with Crippen LogP contribution in [0.2, 0.25) is 0 Å². The van der Waals surface area contributed by atoms with Gasteiger partial charge in [0.1, 0.15) is 0 Å². The van der Waals surface area contributed by atoms with Crippen LogP contribution in [0.4, 0.5) is 5.69 Å². The van der Waals surface area contributed by atoms with Crippen LogP contribution in [0.3, 0.4) is 0 Å². The molecule has 0 atom stereocenters. The lowest BCUT2D eigenvalue weighted by atomic mass is 9.82. The van der Waals surface area contributed by atoms with Crippen molar-refractivity contribution < 1.29 is 14.7 Å². The molecule has 0 saturated heterocycles. The van der Waals surface area contributed by atoms with Gasteiger partial charge in [-0.05, 0) is 31.5 Å². The Balaban J connectivity index is 2.06. The minimum atomic E-state index is -0.873. The summed E-state index contributed by atoms with van der Waals surface area (Å²) < 4.78 is 0. The highest BCUT2D eigenvalue weighted by atomic mass is 16.4. The van der Waals surface area contributed by atoms with Crippen LogP contribution in [0.5, 0.6) is 0 Å². The third kappa shape index (κ3) is 3.61. The van der Waals surface area contributed by atoms with Gasteiger partial charge in [0.25, 0.3) is 0 Å². The standard InChI is InChI=1S/C16H22N2O3/c1-17-11-12-6-2-3-7-13(12)18-14(19)10-16(15(20)21)8-4-5-9-16/h2-3,6-7,17H,4-5,8-11H2,1H3,(H,18,19)(H,20,21). The van der Waals surface area contributed by atoms with Crippen LogP contribution in [0.25, 0.3) is 0 Å². The molecule has 1 aliphatic rings. The van der Waals surface area contributed by atoms with Crippen molar-refractivity contribution in [3.05, 3.63) is 29.8 Å². The van der Waals surface area contributed by atoms with E-state index in [0.29, 0.717) is 19.4 Å². The van der Waals surface area contributed by atoms with Crippen molar-refractivity contribution in [2.75, 3.05) is 12.4 Å². The first kappa shape index (κ1) is 15.5. The molecule has 0 heterocycles. The Morgan fingerprint density at radius 3 is 2.52 bits per heavy atom. The molecule has 114 valence electrons. The molecular weight excluding hydrogens is 268 g/mol. The second-order valence-electron chi connectivity index (χ2n) is 5.71. The van der Waals surface area contributed by atoms with Gasteiger partial charge in [-0.1, -0.05) is 31.0 Å². The number of rotatable bonds is 6. The first-order chi connectivity index (χ1) is 10.1. The summed E-state index contributed by atoms with van der Waals surface area (Å²) in [6.07, 6.45) is 3.00. The Kier molecular flexibility index (Phi) is 4.96. The number of carbonyl (C=O) groups is 2. The smallest absolute Gasteiger partial charge is 0.310 e. The third-order valence-corrected chi connectivity index (χ3v) is 4.17. The van der Waals surface area contributed by atoms with Gasteiger partial charge in [-0.25, -0.2) is 0 Å². The molecule has 0 aromatic heterocycles. The van der Waals surface area contributed by atoms with Crippen LogP contribution in [0.1, 0.15) is 37.7 Å². The predicted octanol–water partition coefficient (Wildman–Crippen LogP) is 2.38. The number of carboxylic acid groups (broad SMARTS) is 1. The van der Waals surface area contributed by atoms with Gasteiger partial charge in [-0.15, -0.1) is 0 Å². The van der Waals surface area contributed by atoms with Crippen LogP contribution in [-0.2, 0) is 16.1 Å². The molecule has 1 aliphatic carbocycles. The largest absolute Gasteiger partial charge is 0.481 e. The molecule has 1 aromatic rings. The third-order valence-electron chi connectivity index (χ3n) is 4.17. The number of carbonyl (C=O) groups excluding carboxylic acids is 1. The van der Waals surface area contributed by atoms with Crippen molar-refractivity contribution in [1.29, 1.82) is 0 Å². The number of para-hydroxylation sites is 1. The maximum absolute atomic E-state index is 12.2. The zero-order valence-electron chi connectivity index (χ0n) is 12.3. The lowest BCUT2D eigenvalue weighted by Crippen LogP contribution is -2.33. The molecule has 0 aliphatic heterocycles. The normalized spacial score (nSPS) is 16.6. The van der Waals surface area contributed by atoms with E-state index in [1.807, 2.05) is 31.3 Å². The topological polar surface area (TPSA) is 78.4 Å². The van der Waals surface area contributed by atoms with Crippen LogP contribution < -0.4 is 10.6 Å². The second-order valence-corrected chi connectivity index (χ2v) is 5.71. The molecule has 1 amide bonds. The van der Waals surface area contributed by atoms with Crippen molar-refractivity contribution in [3.63, 3.8) is 0 Å². The number of carboxylic acids is 1. The van der Waals surface area contributed by atoms with Crippen molar-refractivity contribution in [2.45, 2.75) is 38.6 Å². The average Bonchev–Trinajstić information content (AvgIpc) is 2.91. The van der Waals surface area contributed by atoms with Crippen molar-refractivity contribution in [1.82, 2.24) is 5.32 Å². The fourth-order valence-electron chi connectivity index (χ4n) is 3.01. The Bertz CT molecular complexity index is 522. The van der Waals surface area contributed by atoms with E-state index in [0.717, 1.165) is 24.1 Å². The fraction of sp³-hybridized carbons (Fsp3) is 0.500. The van der Waals surface area contributed by atoms with Gasteiger partial charge in [-0.3, -0.25) is 9.59 Å². The quantitative estimate of drug-likeness (QED) is 0.751. The van der Waals surface area contributed by atoms with Crippen LogP contribution in [0, 0.1) is 5.41 Å². The zero-order valence-corrected chi connectivity index (χ0v) is 12.3.